The van der Waals surface area contributed by atoms with Crippen LogP contribution in [0.3, 0.4) is 0 Å². The lowest BCUT2D eigenvalue weighted by molar-refractivity contribution is -0.122. The van der Waals surface area contributed by atoms with Gasteiger partial charge >= 0.3 is 0 Å². The highest BCUT2D eigenvalue weighted by Crippen LogP contribution is 2.31. The average Bonchev–Trinajstić information content (AvgIpc) is 3.08. The number of anilines is 1. The summed E-state index contributed by atoms with van der Waals surface area (Å²) in [5, 5.41) is 5.57. The van der Waals surface area contributed by atoms with E-state index in [9.17, 15) is 4.79 Å². The Kier molecular flexibility index (Phi) is 4.05. The second kappa shape index (κ2) is 5.97. The lowest BCUT2D eigenvalue weighted by atomic mass is 9.80. The fraction of sp³-hybridized carbons (Fsp3) is 0.533. The van der Waals surface area contributed by atoms with E-state index in [2.05, 4.69) is 22.2 Å². The first-order chi connectivity index (χ1) is 10.1. The second-order valence-corrected chi connectivity index (χ2v) is 6.62. The molecule has 0 spiro atoms. The molecule has 2 unspecified atom stereocenters. The lowest BCUT2D eigenvalue weighted by Gasteiger charge is -2.27. The van der Waals surface area contributed by atoms with Gasteiger partial charge in [-0.1, -0.05) is 19.8 Å². The van der Waals surface area contributed by atoms with Crippen molar-refractivity contribution < 1.29 is 4.79 Å². The number of carbonyl (C=O) groups is 1. The van der Waals surface area contributed by atoms with Crippen molar-refractivity contribution in [3.05, 3.63) is 17.8 Å². The molecule has 2 heterocycles. The van der Waals surface area contributed by atoms with Gasteiger partial charge in [0.1, 0.15) is 5.69 Å². The molecule has 0 bridgehead atoms. The topological polar surface area (TPSA) is 59.8 Å². The van der Waals surface area contributed by atoms with Crippen LogP contribution in [-0.4, -0.2) is 20.4 Å². The number of rotatable bonds is 3. The molecule has 21 heavy (non-hydrogen) atoms. The van der Waals surface area contributed by atoms with Crippen LogP contribution in [0.1, 0.15) is 32.6 Å². The van der Waals surface area contributed by atoms with Crippen molar-refractivity contribution in [2.75, 3.05) is 5.32 Å². The summed E-state index contributed by atoms with van der Waals surface area (Å²) in [6, 6.07) is 0. The van der Waals surface area contributed by atoms with Gasteiger partial charge < -0.3 is 9.88 Å². The Morgan fingerprint density at radius 3 is 2.95 bits per heavy atom. The molecule has 1 N–H and O–H groups in total. The first-order valence-corrected chi connectivity index (χ1v) is 8.27. The predicted octanol–water partition coefficient (Wildman–Crippen LogP) is 3.31. The third kappa shape index (κ3) is 3.00. The van der Waals surface area contributed by atoms with Crippen LogP contribution in [0.15, 0.2) is 17.8 Å². The summed E-state index contributed by atoms with van der Waals surface area (Å²) < 4.78 is 1.92. The Morgan fingerprint density at radius 2 is 2.24 bits per heavy atom. The summed E-state index contributed by atoms with van der Waals surface area (Å²) in [7, 11) is 1.93. The smallest absolute Gasteiger partial charge is 0.229 e. The van der Waals surface area contributed by atoms with Gasteiger partial charge in [0.2, 0.25) is 5.91 Å². The molecule has 112 valence electrons. The highest BCUT2D eigenvalue weighted by Gasteiger charge is 2.28. The molecular formula is C15H20N4OS. The molecule has 1 aliphatic rings. The normalized spacial score (nSPS) is 22.2. The van der Waals surface area contributed by atoms with E-state index in [4.69, 9.17) is 0 Å². The highest BCUT2D eigenvalue weighted by atomic mass is 32.1. The summed E-state index contributed by atoms with van der Waals surface area (Å²) in [4.78, 5) is 21.1. The van der Waals surface area contributed by atoms with Crippen LogP contribution < -0.4 is 5.32 Å². The predicted molar refractivity (Wildman–Crippen MR) is 84.1 cm³/mol. The van der Waals surface area contributed by atoms with E-state index < -0.39 is 0 Å². The molecule has 3 rings (SSSR count). The van der Waals surface area contributed by atoms with Gasteiger partial charge in [-0.15, -0.1) is 11.3 Å². The van der Waals surface area contributed by atoms with E-state index >= 15 is 0 Å². The van der Waals surface area contributed by atoms with Crippen molar-refractivity contribution in [2.24, 2.45) is 18.9 Å². The lowest BCUT2D eigenvalue weighted by Crippen LogP contribution is -2.30. The minimum absolute atomic E-state index is 0.114. The largest absolute Gasteiger partial charge is 0.333 e. The molecule has 6 heteroatoms. The van der Waals surface area contributed by atoms with Crippen LogP contribution in [0.4, 0.5) is 5.13 Å². The Balaban J connectivity index is 1.70. The van der Waals surface area contributed by atoms with Crippen LogP contribution in [0, 0.1) is 11.8 Å². The fourth-order valence-corrected chi connectivity index (χ4v) is 3.64. The van der Waals surface area contributed by atoms with Gasteiger partial charge in [-0.3, -0.25) is 4.79 Å². The Hall–Kier alpha value is -1.69. The third-order valence-corrected chi connectivity index (χ3v) is 4.99. The molecule has 0 aromatic carbocycles. The van der Waals surface area contributed by atoms with Crippen molar-refractivity contribution in [3.63, 3.8) is 0 Å². The molecule has 1 saturated carbocycles. The molecule has 1 fully saturated rings. The second-order valence-electron chi connectivity index (χ2n) is 5.76. The molecular weight excluding hydrogens is 284 g/mol. The molecule has 0 aliphatic heterocycles. The van der Waals surface area contributed by atoms with Crippen LogP contribution >= 0.6 is 11.3 Å². The zero-order valence-electron chi connectivity index (χ0n) is 12.4. The molecule has 2 aromatic heterocycles. The number of hydrogen-bond donors (Lipinski definition) is 1. The maximum Gasteiger partial charge on any atom is 0.229 e. The summed E-state index contributed by atoms with van der Waals surface area (Å²) >= 11 is 1.45. The van der Waals surface area contributed by atoms with Crippen LogP contribution in [0.5, 0.6) is 0 Å². The number of hydrogen-bond acceptors (Lipinski definition) is 4. The SMILES string of the molecule is CC1CCCCC1C(=O)Nc1nc(-c2nccn2C)cs1. The zero-order valence-corrected chi connectivity index (χ0v) is 13.2. The number of imidazole rings is 1. The number of aromatic nitrogens is 3. The Labute approximate surface area is 128 Å². The Morgan fingerprint density at radius 1 is 1.43 bits per heavy atom. The monoisotopic (exact) mass is 304 g/mol. The molecule has 0 radical (unpaired) electrons. The van der Waals surface area contributed by atoms with E-state index in [-0.39, 0.29) is 11.8 Å². The van der Waals surface area contributed by atoms with E-state index in [1.165, 1.54) is 17.8 Å². The maximum absolute atomic E-state index is 12.4. The molecule has 1 amide bonds. The Bertz CT molecular complexity index is 633. The summed E-state index contributed by atoms with van der Waals surface area (Å²) in [5.41, 5.74) is 0.805. The quantitative estimate of drug-likeness (QED) is 0.946. The van der Waals surface area contributed by atoms with Crippen LogP contribution in [0.25, 0.3) is 11.5 Å². The first kappa shape index (κ1) is 14.3. The number of nitrogens with one attached hydrogen (secondary N) is 1. The van der Waals surface area contributed by atoms with Crippen molar-refractivity contribution >= 4 is 22.4 Å². The van der Waals surface area contributed by atoms with E-state index in [1.54, 1.807) is 6.20 Å². The molecule has 2 atom stereocenters. The van der Waals surface area contributed by atoms with E-state index in [0.717, 1.165) is 30.8 Å². The summed E-state index contributed by atoms with van der Waals surface area (Å²) in [6.07, 6.45) is 8.16. The fourth-order valence-electron chi connectivity index (χ4n) is 2.95. The van der Waals surface area contributed by atoms with E-state index in [0.29, 0.717) is 11.0 Å². The van der Waals surface area contributed by atoms with Crippen molar-refractivity contribution in [1.29, 1.82) is 0 Å². The minimum Gasteiger partial charge on any atom is -0.333 e. The van der Waals surface area contributed by atoms with Gasteiger partial charge in [0.25, 0.3) is 0 Å². The highest BCUT2D eigenvalue weighted by molar-refractivity contribution is 7.14. The molecule has 1 aliphatic carbocycles. The van der Waals surface area contributed by atoms with Gasteiger partial charge in [0.15, 0.2) is 11.0 Å². The third-order valence-electron chi connectivity index (χ3n) is 4.23. The van der Waals surface area contributed by atoms with Crippen molar-refractivity contribution in [2.45, 2.75) is 32.6 Å². The molecule has 2 aromatic rings. The minimum atomic E-state index is 0.114. The van der Waals surface area contributed by atoms with Gasteiger partial charge in [-0.05, 0) is 18.8 Å². The number of carbonyl (C=O) groups excluding carboxylic acids is 1. The zero-order chi connectivity index (χ0) is 14.8. The van der Waals surface area contributed by atoms with Crippen molar-refractivity contribution in [3.8, 4) is 11.5 Å². The number of amides is 1. The number of aryl methyl sites for hydroxylation is 1. The summed E-state index contributed by atoms with van der Waals surface area (Å²) in [5.74, 6) is 1.52. The average molecular weight is 304 g/mol. The number of nitrogens with zero attached hydrogens (tertiary/aromatic N) is 3. The van der Waals surface area contributed by atoms with Gasteiger partial charge in [-0.25, -0.2) is 9.97 Å². The van der Waals surface area contributed by atoms with Gasteiger partial charge in [0.05, 0.1) is 0 Å². The van der Waals surface area contributed by atoms with Gasteiger partial charge in [-0.2, -0.15) is 0 Å². The van der Waals surface area contributed by atoms with Gasteiger partial charge in [0, 0.05) is 30.7 Å². The molecule has 0 saturated heterocycles. The standard InChI is InChI=1S/C15H20N4OS/c1-10-5-3-4-6-11(10)14(20)18-15-17-12(9-21-15)13-16-7-8-19(13)2/h7-11H,3-6H2,1-2H3,(H,17,18,20). The van der Waals surface area contributed by atoms with E-state index in [1.807, 2.05) is 23.2 Å². The maximum atomic E-state index is 12.4. The van der Waals surface area contributed by atoms with Crippen molar-refractivity contribution in [1.82, 2.24) is 14.5 Å². The first-order valence-electron chi connectivity index (χ1n) is 7.39. The number of thiazole rings is 1. The van der Waals surface area contributed by atoms with Crippen LogP contribution in [0.2, 0.25) is 0 Å². The van der Waals surface area contributed by atoms with Crippen LogP contribution in [-0.2, 0) is 11.8 Å². The molecule has 5 nitrogen and oxygen atoms in total. The summed E-state index contributed by atoms with van der Waals surface area (Å²) in [6.45, 7) is 2.17.